The second-order valence-electron chi connectivity index (χ2n) is 10.2. The van der Waals surface area contributed by atoms with Crippen LogP contribution < -0.4 is 10.1 Å². The molecule has 1 atom stereocenters. The van der Waals surface area contributed by atoms with Gasteiger partial charge in [0.15, 0.2) is 0 Å². The topological polar surface area (TPSA) is 75.6 Å². The zero-order valence-corrected chi connectivity index (χ0v) is 22.6. The third-order valence-electron chi connectivity index (χ3n) is 6.43. The van der Waals surface area contributed by atoms with Crippen molar-refractivity contribution in [3.05, 3.63) is 99.6 Å². The SMILES string of the molecule is CCc1ccccc1OCc1ccc(CCC(=O)O)c(C(=O)N[C@H](CC(C)C)c2cc(C)cc(C)c2)c1. The lowest BCUT2D eigenvalue weighted by atomic mass is 9.93. The molecule has 0 unspecified atom stereocenters. The van der Waals surface area contributed by atoms with Crippen LogP contribution >= 0.6 is 0 Å². The fourth-order valence-corrected chi connectivity index (χ4v) is 4.68. The average molecular weight is 502 g/mol. The summed E-state index contributed by atoms with van der Waals surface area (Å²) in [6.07, 6.45) is 1.92. The number of amides is 1. The van der Waals surface area contributed by atoms with Crippen LogP contribution in [0.5, 0.6) is 5.75 Å². The number of rotatable bonds is 12. The van der Waals surface area contributed by atoms with E-state index in [1.807, 2.05) is 42.5 Å². The Hall–Kier alpha value is -3.60. The van der Waals surface area contributed by atoms with E-state index in [2.05, 4.69) is 58.1 Å². The first kappa shape index (κ1) is 28.0. The number of nitrogens with one attached hydrogen (secondary N) is 1. The Kier molecular flexibility index (Phi) is 9.90. The van der Waals surface area contributed by atoms with Gasteiger partial charge in [-0.25, -0.2) is 0 Å². The number of aliphatic carboxylic acids is 1. The predicted octanol–water partition coefficient (Wildman–Crippen LogP) is 6.98. The molecule has 5 heteroatoms. The largest absolute Gasteiger partial charge is 0.489 e. The number of benzene rings is 3. The van der Waals surface area contributed by atoms with Gasteiger partial charge in [0.1, 0.15) is 12.4 Å². The van der Waals surface area contributed by atoms with Gasteiger partial charge in [0, 0.05) is 12.0 Å². The maximum absolute atomic E-state index is 13.7. The second-order valence-corrected chi connectivity index (χ2v) is 10.2. The standard InChI is InChI=1S/C32H39NO4/c1-6-25-9-7-8-10-30(25)37-20-24-11-12-26(13-14-31(34)35)28(19-24)32(36)33-29(15-21(2)3)27-17-22(4)16-23(5)18-27/h7-12,16-19,21,29H,6,13-15,20H2,1-5H3,(H,33,36)(H,34,35)/t29-/m1/s1. The number of carbonyl (C=O) groups excluding carboxylic acids is 1. The van der Waals surface area contributed by atoms with Gasteiger partial charge in [0.2, 0.25) is 0 Å². The third kappa shape index (κ3) is 8.21. The van der Waals surface area contributed by atoms with Crippen molar-refractivity contribution >= 4 is 11.9 Å². The van der Waals surface area contributed by atoms with Gasteiger partial charge >= 0.3 is 5.97 Å². The lowest BCUT2D eigenvalue weighted by molar-refractivity contribution is -0.136. The Bertz CT molecular complexity index is 1210. The molecule has 1 amide bonds. The smallest absolute Gasteiger partial charge is 0.303 e. The van der Waals surface area contributed by atoms with Gasteiger partial charge in [0.05, 0.1) is 6.04 Å². The number of hydrogen-bond donors (Lipinski definition) is 2. The molecule has 0 saturated carbocycles. The zero-order chi connectivity index (χ0) is 26.9. The molecule has 0 aliphatic carbocycles. The summed E-state index contributed by atoms with van der Waals surface area (Å²) in [4.78, 5) is 24.9. The zero-order valence-electron chi connectivity index (χ0n) is 22.6. The Labute approximate surface area is 220 Å². The molecule has 0 bridgehead atoms. The van der Waals surface area contributed by atoms with Crippen LogP contribution in [0.2, 0.25) is 0 Å². The Morgan fingerprint density at radius 2 is 1.65 bits per heavy atom. The molecule has 2 N–H and O–H groups in total. The number of carboxylic acid groups (broad SMARTS) is 1. The number of hydrogen-bond acceptors (Lipinski definition) is 3. The molecule has 0 saturated heterocycles. The van der Waals surface area contributed by atoms with Crippen LogP contribution in [0.1, 0.15) is 83.4 Å². The second kappa shape index (κ2) is 13.1. The maximum Gasteiger partial charge on any atom is 0.303 e. The number of carbonyl (C=O) groups is 2. The third-order valence-corrected chi connectivity index (χ3v) is 6.43. The fourth-order valence-electron chi connectivity index (χ4n) is 4.68. The Morgan fingerprint density at radius 1 is 0.946 bits per heavy atom. The number of para-hydroxylation sites is 1. The molecule has 37 heavy (non-hydrogen) atoms. The summed E-state index contributed by atoms with van der Waals surface area (Å²) in [6, 6.07) is 19.8. The van der Waals surface area contributed by atoms with Crippen LogP contribution in [0.25, 0.3) is 0 Å². The number of aryl methyl sites for hydroxylation is 4. The lowest BCUT2D eigenvalue weighted by Gasteiger charge is -2.23. The molecule has 0 aromatic heterocycles. The van der Waals surface area contributed by atoms with Crippen LogP contribution in [0.15, 0.2) is 60.7 Å². The quantitative estimate of drug-likeness (QED) is 0.281. The van der Waals surface area contributed by atoms with Crippen LogP contribution in [0.4, 0.5) is 0 Å². The van der Waals surface area contributed by atoms with Crippen molar-refractivity contribution in [3.63, 3.8) is 0 Å². The average Bonchev–Trinajstić information content (AvgIpc) is 2.85. The molecular formula is C32H39NO4. The molecule has 5 nitrogen and oxygen atoms in total. The first-order valence-electron chi connectivity index (χ1n) is 13.1. The molecule has 0 fully saturated rings. The monoisotopic (exact) mass is 501 g/mol. The summed E-state index contributed by atoms with van der Waals surface area (Å²) in [6.45, 7) is 10.8. The van der Waals surface area contributed by atoms with E-state index in [4.69, 9.17) is 4.74 Å². The van der Waals surface area contributed by atoms with E-state index in [-0.39, 0.29) is 24.8 Å². The van der Waals surface area contributed by atoms with Crippen LogP contribution in [0.3, 0.4) is 0 Å². The van der Waals surface area contributed by atoms with E-state index in [1.54, 1.807) is 0 Å². The first-order valence-corrected chi connectivity index (χ1v) is 13.1. The summed E-state index contributed by atoms with van der Waals surface area (Å²) in [5.41, 5.74) is 6.62. The van der Waals surface area contributed by atoms with Crippen molar-refractivity contribution in [2.24, 2.45) is 5.92 Å². The predicted molar refractivity (Wildman–Crippen MR) is 148 cm³/mol. The minimum Gasteiger partial charge on any atom is -0.489 e. The maximum atomic E-state index is 13.7. The van der Waals surface area contributed by atoms with Crippen molar-refractivity contribution in [1.82, 2.24) is 5.32 Å². The molecule has 0 spiro atoms. The minimum atomic E-state index is -0.886. The van der Waals surface area contributed by atoms with Crippen LogP contribution in [-0.2, 0) is 24.2 Å². The van der Waals surface area contributed by atoms with Gasteiger partial charge in [-0.1, -0.05) is 80.4 Å². The van der Waals surface area contributed by atoms with Gasteiger partial charge in [-0.15, -0.1) is 0 Å². The molecule has 196 valence electrons. The van der Waals surface area contributed by atoms with Crippen molar-refractivity contribution in [3.8, 4) is 5.75 Å². The van der Waals surface area contributed by atoms with Crippen molar-refractivity contribution in [2.45, 2.75) is 73.0 Å². The van der Waals surface area contributed by atoms with Gasteiger partial charge in [-0.3, -0.25) is 9.59 Å². The number of ether oxygens (including phenoxy) is 1. The summed E-state index contributed by atoms with van der Waals surface area (Å²) < 4.78 is 6.09. The Morgan fingerprint density at radius 3 is 2.30 bits per heavy atom. The summed E-state index contributed by atoms with van der Waals surface area (Å²) in [5, 5.41) is 12.5. The molecule has 0 heterocycles. The molecule has 3 aromatic carbocycles. The van der Waals surface area contributed by atoms with Crippen molar-refractivity contribution < 1.29 is 19.4 Å². The molecule has 3 rings (SSSR count). The lowest BCUT2D eigenvalue weighted by Crippen LogP contribution is -2.30. The van der Waals surface area contributed by atoms with E-state index < -0.39 is 5.97 Å². The molecular weight excluding hydrogens is 462 g/mol. The molecule has 0 aliphatic rings. The number of carboxylic acids is 1. The highest BCUT2D eigenvalue weighted by atomic mass is 16.5. The molecule has 0 radical (unpaired) electrons. The van der Waals surface area contributed by atoms with E-state index >= 15 is 0 Å². The van der Waals surface area contributed by atoms with Gasteiger partial charge in [-0.05, 0) is 73.4 Å². The van der Waals surface area contributed by atoms with E-state index in [9.17, 15) is 14.7 Å². The highest BCUT2D eigenvalue weighted by Gasteiger charge is 2.21. The van der Waals surface area contributed by atoms with E-state index in [0.717, 1.165) is 52.0 Å². The summed E-state index contributed by atoms with van der Waals surface area (Å²) >= 11 is 0. The van der Waals surface area contributed by atoms with Crippen LogP contribution in [-0.4, -0.2) is 17.0 Å². The van der Waals surface area contributed by atoms with Gasteiger partial charge < -0.3 is 15.2 Å². The Balaban J connectivity index is 1.89. The van der Waals surface area contributed by atoms with Crippen molar-refractivity contribution in [1.29, 1.82) is 0 Å². The highest BCUT2D eigenvalue weighted by Crippen LogP contribution is 2.26. The molecule has 0 aliphatic heterocycles. The normalized spacial score (nSPS) is 11.8. The van der Waals surface area contributed by atoms with E-state index in [1.165, 1.54) is 0 Å². The van der Waals surface area contributed by atoms with Gasteiger partial charge in [0.25, 0.3) is 5.91 Å². The summed E-state index contributed by atoms with van der Waals surface area (Å²) in [7, 11) is 0. The highest BCUT2D eigenvalue weighted by molar-refractivity contribution is 5.96. The van der Waals surface area contributed by atoms with Crippen LogP contribution in [0, 0.1) is 19.8 Å². The fraction of sp³-hybridized carbons (Fsp3) is 0.375. The van der Waals surface area contributed by atoms with Gasteiger partial charge in [-0.2, -0.15) is 0 Å². The first-order chi connectivity index (χ1) is 17.7. The molecule has 3 aromatic rings. The van der Waals surface area contributed by atoms with Crippen molar-refractivity contribution in [2.75, 3.05) is 0 Å². The van der Waals surface area contributed by atoms with E-state index in [0.29, 0.717) is 18.1 Å². The minimum absolute atomic E-state index is 0.0352. The summed E-state index contributed by atoms with van der Waals surface area (Å²) in [5.74, 6) is 0.137.